The molecule has 0 radical (unpaired) electrons. The van der Waals surface area contributed by atoms with E-state index in [1.54, 1.807) is 0 Å². The van der Waals surface area contributed by atoms with Crippen LogP contribution >= 0.6 is 12.4 Å². The van der Waals surface area contributed by atoms with Crippen LogP contribution < -0.4 is 5.73 Å². The maximum atomic E-state index is 12.8. The summed E-state index contributed by atoms with van der Waals surface area (Å²) in [5.41, 5.74) is 6.29. The lowest BCUT2D eigenvalue weighted by Crippen LogP contribution is -2.46. The maximum Gasteiger partial charge on any atom is 0.236 e. The molecule has 1 heterocycles. The summed E-state index contributed by atoms with van der Waals surface area (Å²) in [6, 6.07) is 0.859. The number of halogens is 1. The third-order valence-corrected chi connectivity index (χ3v) is 6.26. The minimum Gasteiger partial charge on any atom is -0.339 e. The molecular weight excluding hydrogens is 310 g/mol. The highest BCUT2D eigenvalue weighted by Gasteiger charge is 2.39. The number of nitrogens with two attached hydrogens (primary N) is 1. The van der Waals surface area contributed by atoms with Gasteiger partial charge in [-0.05, 0) is 44.4 Å². The van der Waals surface area contributed by atoms with Gasteiger partial charge < -0.3 is 10.6 Å². The van der Waals surface area contributed by atoms with Gasteiger partial charge in [-0.15, -0.1) is 12.4 Å². The molecule has 2 N–H and O–H groups in total. The molecule has 3 fully saturated rings. The Morgan fingerprint density at radius 2 is 1.83 bits per heavy atom. The van der Waals surface area contributed by atoms with Crippen molar-refractivity contribution in [1.82, 2.24) is 9.80 Å². The van der Waals surface area contributed by atoms with Gasteiger partial charge >= 0.3 is 0 Å². The van der Waals surface area contributed by atoms with Gasteiger partial charge in [0.15, 0.2) is 0 Å². The second-order valence-corrected chi connectivity index (χ2v) is 7.68. The minimum atomic E-state index is 0. The number of rotatable bonds is 4. The van der Waals surface area contributed by atoms with Gasteiger partial charge in [0, 0.05) is 31.7 Å². The average molecular weight is 344 g/mol. The van der Waals surface area contributed by atoms with Crippen LogP contribution in [0.1, 0.15) is 58.3 Å². The van der Waals surface area contributed by atoms with Crippen molar-refractivity contribution in [1.29, 1.82) is 0 Å². The summed E-state index contributed by atoms with van der Waals surface area (Å²) in [6.45, 7) is 5.74. The molecule has 3 atom stereocenters. The van der Waals surface area contributed by atoms with Crippen LogP contribution in [0.4, 0.5) is 0 Å². The number of carbonyl (C=O) groups excluding carboxylic acids is 1. The number of likely N-dealkylation sites (tertiary alicyclic amines) is 1. The quantitative estimate of drug-likeness (QED) is 0.853. The number of amides is 1. The van der Waals surface area contributed by atoms with Gasteiger partial charge in [-0.2, -0.15) is 0 Å². The van der Waals surface area contributed by atoms with Gasteiger partial charge in [-0.25, -0.2) is 0 Å². The number of carbonyl (C=O) groups is 1. The standard InChI is InChI=1S/C18H33N3O.ClH/c1-2-21(15-8-4-3-5-9-15)18(22)13-20-11-14-7-6-10-17(19)16(14)12-20;/h14-17H,2-13,19H2,1H3;1H. The van der Waals surface area contributed by atoms with Crippen molar-refractivity contribution in [3.8, 4) is 0 Å². The van der Waals surface area contributed by atoms with E-state index in [1.807, 2.05) is 0 Å². The fourth-order valence-corrected chi connectivity index (χ4v) is 5.05. The molecule has 1 saturated heterocycles. The molecule has 4 nitrogen and oxygen atoms in total. The van der Waals surface area contributed by atoms with Crippen LogP contribution in [0.2, 0.25) is 0 Å². The van der Waals surface area contributed by atoms with E-state index in [1.165, 1.54) is 51.4 Å². The third-order valence-electron chi connectivity index (χ3n) is 6.26. The Morgan fingerprint density at radius 3 is 2.48 bits per heavy atom. The third kappa shape index (κ3) is 4.40. The fourth-order valence-electron chi connectivity index (χ4n) is 5.05. The van der Waals surface area contributed by atoms with Gasteiger partial charge in [0.05, 0.1) is 6.54 Å². The van der Waals surface area contributed by atoms with Crippen LogP contribution in [0.25, 0.3) is 0 Å². The first-order valence-corrected chi connectivity index (χ1v) is 9.46. The largest absolute Gasteiger partial charge is 0.339 e. The van der Waals surface area contributed by atoms with E-state index in [4.69, 9.17) is 5.73 Å². The van der Waals surface area contributed by atoms with Gasteiger partial charge in [-0.1, -0.05) is 25.7 Å². The summed E-state index contributed by atoms with van der Waals surface area (Å²) >= 11 is 0. The smallest absolute Gasteiger partial charge is 0.236 e. The molecule has 0 aromatic heterocycles. The highest BCUT2D eigenvalue weighted by atomic mass is 35.5. The van der Waals surface area contributed by atoms with Crippen LogP contribution in [-0.4, -0.2) is 54.0 Å². The van der Waals surface area contributed by atoms with E-state index in [9.17, 15) is 4.79 Å². The summed E-state index contributed by atoms with van der Waals surface area (Å²) < 4.78 is 0. The van der Waals surface area contributed by atoms with Crippen LogP contribution in [0, 0.1) is 11.8 Å². The Balaban J connectivity index is 0.00000192. The van der Waals surface area contributed by atoms with Crippen molar-refractivity contribution in [2.45, 2.75) is 70.4 Å². The zero-order chi connectivity index (χ0) is 15.5. The SMILES string of the molecule is CCN(C(=O)CN1CC2CCCC(N)C2C1)C1CCCCC1.Cl. The Labute approximate surface area is 147 Å². The minimum absolute atomic E-state index is 0. The molecule has 0 aromatic carbocycles. The number of hydrogen-bond acceptors (Lipinski definition) is 3. The van der Waals surface area contributed by atoms with Crippen molar-refractivity contribution in [3.05, 3.63) is 0 Å². The van der Waals surface area contributed by atoms with Crippen LogP contribution in [0.5, 0.6) is 0 Å². The summed E-state index contributed by atoms with van der Waals surface area (Å²) in [5.74, 6) is 1.72. The van der Waals surface area contributed by atoms with Crippen LogP contribution in [0.3, 0.4) is 0 Å². The maximum absolute atomic E-state index is 12.8. The Kier molecular flexibility index (Phi) is 7.18. The molecule has 134 valence electrons. The molecule has 5 heteroatoms. The van der Waals surface area contributed by atoms with Crippen LogP contribution in [0.15, 0.2) is 0 Å². The molecule has 3 aliphatic rings. The van der Waals surface area contributed by atoms with E-state index in [-0.39, 0.29) is 12.4 Å². The summed E-state index contributed by atoms with van der Waals surface area (Å²) in [5, 5.41) is 0. The molecule has 1 amide bonds. The molecule has 3 rings (SSSR count). The Morgan fingerprint density at radius 1 is 1.09 bits per heavy atom. The van der Waals surface area contributed by atoms with Crippen molar-refractivity contribution in [2.75, 3.05) is 26.2 Å². The van der Waals surface area contributed by atoms with Crippen LogP contribution in [-0.2, 0) is 4.79 Å². The lowest BCUT2D eigenvalue weighted by atomic mass is 9.78. The first-order valence-electron chi connectivity index (χ1n) is 9.46. The second-order valence-electron chi connectivity index (χ2n) is 7.68. The van der Waals surface area contributed by atoms with Gasteiger partial charge in [-0.3, -0.25) is 9.69 Å². The zero-order valence-corrected chi connectivity index (χ0v) is 15.4. The number of likely N-dealkylation sites (N-methyl/N-ethyl adjacent to an activating group) is 1. The Bertz CT molecular complexity index is 386. The zero-order valence-electron chi connectivity index (χ0n) is 14.6. The molecular formula is C18H34ClN3O. The average Bonchev–Trinajstić information content (AvgIpc) is 2.93. The predicted molar refractivity (Wildman–Crippen MR) is 96.8 cm³/mol. The molecule has 0 bridgehead atoms. The van der Waals surface area contributed by atoms with Crippen molar-refractivity contribution in [3.63, 3.8) is 0 Å². The highest BCUT2D eigenvalue weighted by molar-refractivity contribution is 5.85. The van der Waals surface area contributed by atoms with E-state index < -0.39 is 0 Å². The molecule has 0 spiro atoms. The topological polar surface area (TPSA) is 49.6 Å². The summed E-state index contributed by atoms with van der Waals surface area (Å²) in [4.78, 5) is 17.3. The molecule has 1 aliphatic heterocycles. The van der Waals surface area contributed by atoms with Gasteiger partial charge in [0.2, 0.25) is 5.91 Å². The molecule has 2 saturated carbocycles. The fraction of sp³-hybridized carbons (Fsp3) is 0.944. The van der Waals surface area contributed by atoms with E-state index >= 15 is 0 Å². The van der Waals surface area contributed by atoms with Gasteiger partial charge in [0.25, 0.3) is 0 Å². The highest BCUT2D eigenvalue weighted by Crippen LogP contribution is 2.35. The molecule has 0 aromatic rings. The lowest BCUT2D eigenvalue weighted by Gasteiger charge is -2.34. The summed E-state index contributed by atoms with van der Waals surface area (Å²) in [7, 11) is 0. The number of fused-ring (bicyclic) bond motifs is 1. The van der Waals surface area contributed by atoms with E-state index in [0.29, 0.717) is 30.5 Å². The monoisotopic (exact) mass is 343 g/mol. The van der Waals surface area contributed by atoms with E-state index in [2.05, 4.69) is 16.7 Å². The second kappa shape index (κ2) is 8.68. The normalized spacial score (nSPS) is 32.2. The first-order chi connectivity index (χ1) is 10.7. The number of nitrogens with zero attached hydrogens (tertiary/aromatic N) is 2. The van der Waals surface area contributed by atoms with Crippen molar-refractivity contribution >= 4 is 18.3 Å². The van der Waals surface area contributed by atoms with E-state index in [0.717, 1.165) is 25.6 Å². The molecule has 3 unspecified atom stereocenters. The molecule has 2 aliphatic carbocycles. The Hall–Kier alpha value is -0.320. The van der Waals surface area contributed by atoms with Crippen molar-refractivity contribution < 1.29 is 4.79 Å². The predicted octanol–water partition coefficient (Wildman–Crippen LogP) is 2.65. The molecule has 23 heavy (non-hydrogen) atoms. The number of hydrogen-bond donors (Lipinski definition) is 1. The summed E-state index contributed by atoms with van der Waals surface area (Å²) in [6.07, 6.45) is 10.1. The lowest BCUT2D eigenvalue weighted by molar-refractivity contribution is -0.135. The van der Waals surface area contributed by atoms with Gasteiger partial charge in [0.1, 0.15) is 0 Å². The van der Waals surface area contributed by atoms with Crippen molar-refractivity contribution in [2.24, 2.45) is 17.6 Å². The first kappa shape index (κ1) is 19.0.